The quantitative estimate of drug-likeness (QED) is 0.654. The van der Waals surface area contributed by atoms with Gasteiger partial charge in [-0.15, -0.1) is 0 Å². The van der Waals surface area contributed by atoms with Gasteiger partial charge in [0.15, 0.2) is 0 Å². The van der Waals surface area contributed by atoms with Crippen molar-refractivity contribution in [3.63, 3.8) is 0 Å². The van der Waals surface area contributed by atoms with Crippen molar-refractivity contribution in [1.82, 2.24) is 5.43 Å². The molecule has 0 aliphatic rings. The molecule has 21 heavy (non-hydrogen) atoms. The largest absolute Gasteiger partial charge is 0.376 e. The molecule has 0 atom stereocenters. The summed E-state index contributed by atoms with van der Waals surface area (Å²) in [5.74, 6) is -0.176. The minimum absolute atomic E-state index is 0.176. The number of hydrazone groups is 1. The van der Waals surface area contributed by atoms with Gasteiger partial charge >= 0.3 is 0 Å². The standard InChI is InChI=1S/C17H19N3O/c1-13-8-10-15(11-9-13)14(2)19-20-17(21)12-18-16-6-4-3-5-7-16/h3-11,18H,12H2,1-2H3,(H,20,21)/b19-14+. The second kappa shape index (κ2) is 7.24. The zero-order valence-corrected chi connectivity index (χ0v) is 12.3. The first-order chi connectivity index (χ1) is 10.1. The summed E-state index contributed by atoms with van der Waals surface area (Å²) in [6.45, 7) is 4.09. The molecule has 0 bridgehead atoms. The van der Waals surface area contributed by atoms with Crippen LogP contribution in [-0.2, 0) is 4.79 Å². The SMILES string of the molecule is C/C(=N\NC(=O)CNc1ccccc1)c1ccc(C)cc1. The Bertz CT molecular complexity index is 618. The van der Waals surface area contributed by atoms with E-state index >= 15 is 0 Å². The molecular weight excluding hydrogens is 262 g/mol. The van der Waals surface area contributed by atoms with E-state index in [9.17, 15) is 4.79 Å². The number of nitrogens with one attached hydrogen (secondary N) is 2. The van der Waals surface area contributed by atoms with E-state index in [1.54, 1.807) is 0 Å². The highest BCUT2D eigenvalue weighted by molar-refractivity contribution is 5.99. The highest BCUT2D eigenvalue weighted by Gasteiger charge is 2.01. The fraction of sp³-hybridized carbons (Fsp3) is 0.176. The number of carbonyl (C=O) groups is 1. The molecule has 1 amide bonds. The van der Waals surface area contributed by atoms with Crippen molar-refractivity contribution in [3.05, 3.63) is 65.7 Å². The molecule has 2 rings (SSSR count). The highest BCUT2D eigenvalue weighted by Crippen LogP contribution is 2.05. The van der Waals surface area contributed by atoms with Gasteiger partial charge in [-0.3, -0.25) is 4.79 Å². The zero-order valence-electron chi connectivity index (χ0n) is 12.3. The Morgan fingerprint density at radius 2 is 1.71 bits per heavy atom. The lowest BCUT2D eigenvalue weighted by Gasteiger charge is -2.06. The van der Waals surface area contributed by atoms with Crippen molar-refractivity contribution in [1.29, 1.82) is 0 Å². The summed E-state index contributed by atoms with van der Waals surface area (Å²) in [5, 5.41) is 7.15. The molecule has 0 heterocycles. The summed E-state index contributed by atoms with van der Waals surface area (Å²) in [4.78, 5) is 11.7. The maximum atomic E-state index is 11.7. The van der Waals surface area contributed by atoms with Crippen molar-refractivity contribution in [2.24, 2.45) is 5.10 Å². The van der Waals surface area contributed by atoms with Crippen LogP contribution in [0.15, 0.2) is 59.7 Å². The van der Waals surface area contributed by atoms with Crippen molar-refractivity contribution in [2.75, 3.05) is 11.9 Å². The zero-order chi connectivity index (χ0) is 15.1. The van der Waals surface area contributed by atoms with Crippen LogP contribution in [0.4, 0.5) is 5.69 Å². The number of hydrogen-bond donors (Lipinski definition) is 2. The fourth-order valence-electron chi connectivity index (χ4n) is 1.78. The summed E-state index contributed by atoms with van der Waals surface area (Å²) < 4.78 is 0. The van der Waals surface area contributed by atoms with E-state index in [2.05, 4.69) is 15.8 Å². The molecule has 108 valence electrons. The van der Waals surface area contributed by atoms with Gasteiger partial charge in [-0.2, -0.15) is 5.10 Å². The van der Waals surface area contributed by atoms with Crippen molar-refractivity contribution < 1.29 is 4.79 Å². The normalized spacial score (nSPS) is 11.0. The van der Waals surface area contributed by atoms with Crippen LogP contribution in [0.3, 0.4) is 0 Å². The Labute approximate surface area is 124 Å². The first-order valence-corrected chi connectivity index (χ1v) is 6.84. The van der Waals surface area contributed by atoms with Gasteiger partial charge in [0.2, 0.25) is 0 Å². The van der Waals surface area contributed by atoms with Crippen molar-refractivity contribution in [3.8, 4) is 0 Å². The van der Waals surface area contributed by atoms with Crippen LogP contribution in [-0.4, -0.2) is 18.2 Å². The lowest BCUT2D eigenvalue weighted by atomic mass is 10.1. The van der Waals surface area contributed by atoms with Crippen LogP contribution in [0.25, 0.3) is 0 Å². The Hall–Kier alpha value is -2.62. The van der Waals surface area contributed by atoms with E-state index in [1.807, 2.05) is 68.4 Å². The minimum Gasteiger partial charge on any atom is -0.376 e. The second-order valence-electron chi connectivity index (χ2n) is 4.82. The average Bonchev–Trinajstić information content (AvgIpc) is 2.52. The topological polar surface area (TPSA) is 53.5 Å². The molecule has 0 aliphatic carbocycles. The Morgan fingerprint density at radius 3 is 2.38 bits per heavy atom. The third-order valence-corrected chi connectivity index (χ3v) is 3.04. The lowest BCUT2D eigenvalue weighted by Crippen LogP contribution is -2.26. The Kier molecular flexibility index (Phi) is 5.10. The summed E-state index contributed by atoms with van der Waals surface area (Å²) in [5.41, 5.74) is 6.44. The van der Waals surface area contributed by atoms with Crippen LogP contribution in [0.5, 0.6) is 0 Å². The van der Waals surface area contributed by atoms with Crippen LogP contribution in [0.2, 0.25) is 0 Å². The number of nitrogens with zero attached hydrogens (tertiary/aromatic N) is 1. The summed E-state index contributed by atoms with van der Waals surface area (Å²) in [7, 11) is 0. The van der Waals surface area contributed by atoms with E-state index < -0.39 is 0 Å². The van der Waals surface area contributed by atoms with Gasteiger partial charge in [-0.05, 0) is 31.5 Å². The Morgan fingerprint density at radius 1 is 1.05 bits per heavy atom. The summed E-state index contributed by atoms with van der Waals surface area (Å²) in [6, 6.07) is 17.6. The number of aryl methyl sites for hydroxylation is 1. The highest BCUT2D eigenvalue weighted by atomic mass is 16.2. The lowest BCUT2D eigenvalue weighted by molar-refractivity contribution is -0.119. The van der Waals surface area contributed by atoms with E-state index in [4.69, 9.17) is 0 Å². The smallest absolute Gasteiger partial charge is 0.259 e. The fourth-order valence-corrected chi connectivity index (χ4v) is 1.78. The third kappa shape index (κ3) is 4.76. The van der Waals surface area contributed by atoms with Crippen molar-refractivity contribution >= 4 is 17.3 Å². The van der Waals surface area contributed by atoms with Crippen LogP contribution in [0.1, 0.15) is 18.1 Å². The number of benzene rings is 2. The molecule has 2 aromatic rings. The molecular formula is C17H19N3O. The van der Waals surface area contributed by atoms with E-state index in [1.165, 1.54) is 5.56 Å². The van der Waals surface area contributed by atoms with E-state index in [0.717, 1.165) is 17.0 Å². The Balaban J connectivity index is 1.85. The number of rotatable bonds is 5. The monoisotopic (exact) mass is 281 g/mol. The predicted octanol–water partition coefficient (Wildman–Crippen LogP) is 2.95. The first kappa shape index (κ1) is 14.8. The molecule has 0 radical (unpaired) electrons. The van der Waals surface area contributed by atoms with E-state index in [0.29, 0.717) is 0 Å². The molecule has 0 aliphatic heterocycles. The number of hydrogen-bond acceptors (Lipinski definition) is 3. The predicted molar refractivity (Wildman–Crippen MR) is 86.5 cm³/mol. The van der Waals surface area contributed by atoms with E-state index in [-0.39, 0.29) is 12.5 Å². The van der Waals surface area contributed by atoms with Gasteiger partial charge in [0, 0.05) is 5.69 Å². The summed E-state index contributed by atoms with van der Waals surface area (Å²) in [6.07, 6.45) is 0. The molecule has 0 spiro atoms. The molecule has 2 aromatic carbocycles. The number of para-hydroxylation sites is 1. The van der Waals surface area contributed by atoms with Gasteiger partial charge in [0.05, 0.1) is 12.3 Å². The second-order valence-corrected chi connectivity index (χ2v) is 4.82. The number of anilines is 1. The maximum absolute atomic E-state index is 11.7. The van der Waals surface area contributed by atoms with Gasteiger partial charge < -0.3 is 5.32 Å². The summed E-state index contributed by atoms with van der Waals surface area (Å²) >= 11 is 0. The average molecular weight is 281 g/mol. The van der Waals surface area contributed by atoms with Gasteiger partial charge in [-0.1, -0.05) is 48.0 Å². The first-order valence-electron chi connectivity index (χ1n) is 6.84. The molecule has 0 aromatic heterocycles. The third-order valence-electron chi connectivity index (χ3n) is 3.04. The number of amides is 1. The van der Waals surface area contributed by atoms with Crippen LogP contribution < -0.4 is 10.7 Å². The number of carbonyl (C=O) groups excluding carboxylic acids is 1. The van der Waals surface area contributed by atoms with Gasteiger partial charge in [0.1, 0.15) is 0 Å². The molecule has 0 unspecified atom stereocenters. The molecule has 4 nitrogen and oxygen atoms in total. The maximum Gasteiger partial charge on any atom is 0.259 e. The van der Waals surface area contributed by atoms with Crippen LogP contribution >= 0.6 is 0 Å². The van der Waals surface area contributed by atoms with Crippen LogP contribution in [0, 0.1) is 6.92 Å². The molecule has 0 saturated carbocycles. The van der Waals surface area contributed by atoms with Crippen molar-refractivity contribution in [2.45, 2.75) is 13.8 Å². The molecule has 0 fully saturated rings. The molecule has 0 saturated heterocycles. The molecule has 4 heteroatoms. The van der Waals surface area contributed by atoms with Gasteiger partial charge in [0.25, 0.3) is 5.91 Å². The molecule has 2 N–H and O–H groups in total. The minimum atomic E-state index is -0.176. The van der Waals surface area contributed by atoms with Gasteiger partial charge in [-0.25, -0.2) is 5.43 Å².